The summed E-state index contributed by atoms with van der Waals surface area (Å²) in [4.78, 5) is 13.5. The first kappa shape index (κ1) is 15.7. The van der Waals surface area contributed by atoms with Crippen molar-refractivity contribution in [1.82, 2.24) is 4.90 Å². The van der Waals surface area contributed by atoms with Crippen LogP contribution in [0.4, 0.5) is 14.5 Å². The molecule has 1 unspecified atom stereocenters. The fourth-order valence-electron chi connectivity index (χ4n) is 2.58. The number of piperidine rings is 1. The number of hydrogen-bond acceptors (Lipinski definition) is 4. The summed E-state index contributed by atoms with van der Waals surface area (Å²) in [6.07, 6.45) is 3.35. The number of nitrogens with zero attached hydrogens (tertiary/aromatic N) is 1. The number of hydrogen-bond donors (Lipinski definition) is 1. The van der Waals surface area contributed by atoms with E-state index < -0.39 is 23.2 Å². The van der Waals surface area contributed by atoms with Crippen LogP contribution in [-0.4, -0.2) is 44.2 Å². The number of likely N-dealkylation sites (tertiary alicyclic amines) is 1. The van der Waals surface area contributed by atoms with Gasteiger partial charge in [-0.1, -0.05) is 6.42 Å². The van der Waals surface area contributed by atoms with Crippen molar-refractivity contribution in [3.05, 3.63) is 29.3 Å². The smallest absolute Gasteiger partial charge is 0.340 e. The molecule has 1 atom stereocenters. The SMILES string of the molecule is COC(=O)c1ccc(NCC2CCCCN2C)c(F)c1F. The van der Waals surface area contributed by atoms with Gasteiger partial charge in [-0.3, -0.25) is 0 Å². The van der Waals surface area contributed by atoms with Crippen LogP contribution in [-0.2, 0) is 4.74 Å². The van der Waals surface area contributed by atoms with Gasteiger partial charge in [-0.25, -0.2) is 13.6 Å². The van der Waals surface area contributed by atoms with Crippen molar-refractivity contribution >= 4 is 11.7 Å². The van der Waals surface area contributed by atoms with Gasteiger partial charge in [0.05, 0.1) is 18.4 Å². The van der Waals surface area contributed by atoms with E-state index in [0.29, 0.717) is 12.6 Å². The van der Waals surface area contributed by atoms with Crippen molar-refractivity contribution in [3.8, 4) is 0 Å². The molecular formula is C15H20F2N2O2. The number of rotatable bonds is 4. The van der Waals surface area contributed by atoms with E-state index in [1.807, 2.05) is 7.05 Å². The van der Waals surface area contributed by atoms with Crippen LogP contribution >= 0.6 is 0 Å². The number of esters is 1. The lowest BCUT2D eigenvalue weighted by Gasteiger charge is -2.32. The molecule has 1 aliphatic rings. The van der Waals surface area contributed by atoms with Gasteiger partial charge in [-0.2, -0.15) is 0 Å². The molecule has 6 heteroatoms. The Bertz CT molecular complexity index is 523. The van der Waals surface area contributed by atoms with Gasteiger partial charge in [0, 0.05) is 12.6 Å². The number of carbonyl (C=O) groups excluding carboxylic acids is 1. The summed E-state index contributed by atoms with van der Waals surface area (Å²) >= 11 is 0. The summed E-state index contributed by atoms with van der Waals surface area (Å²) in [7, 11) is 3.16. The van der Waals surface area contributed by atoms with Crippen LogP contribution in [0.2, 0.25) is 0 Å². The van der Waals surface area contributed by atoms with Crippen LogP contribution in [0.1, 0.15) is 29.6 Å². The fraction of sp³-hybridized carbons (Fsp3) is 0.533. The summed E-state index contributed by atoms with van der Waals surface area (Å²) in [5, 5.41) is 2.93. The molecule has 0 aromatic heterocycles. The van der Waals surface area contributed by atoms with Gasteiger partial charge >= 0.3 is 5.97 Å². The number of benzene rings is 1. The van der Waals surface area contributed by atoms with Crippen LogP contribution in [0.5, 0.6) is 0 Å². The topological polar surface area (TPSA) is 41.6 Å². The Labute approximate surface area is 123 Å². The van der Waals surface area contributed by atoms with Gasteiger partial charge in [0.1, 0.15) is 0 Å². The Kier molecular flexibility index (Phi) is 5.12. The lowest BCUT2D eigenvalue weighted by atomic mass is 10.0. The minimum absolute atomic E-state index is 0.0686. The molecule has 0 aliphatic carbocycles. The van der Waals surface area contributed by atoms with Crippen molar-refractivity contribution in [2.45, 2.75) is 25.3 Å². The van der Waals surface area contributed by atoms with E-state index >= 15 is 0 Å². The maximum absolute atomic E-state index is 14.0. The van der Waals surface area contributed by atoms with E-state index in [4.69, 9.17) is 0 Å². The number of ether oxygens (including phenoxy) is 1. The molecule has 0 spiro atoms. The molecule has 1 aliphatic heterocycles. The predicted octanol–water partition coefficient (Wildman–Crippen LogP) is 2.65. The summed E-state index contributed by atoms with van der Waals surface area (Å²) in [6, 6.07) is 2.91. The highest BCUT2D eigenvalue weighted by molar-refractivity contribution is 5.90. The molecule has 1 heterocycles. The molecule has 4 nitrogen and oxygen atoms in total. The molecule has 1 N–H and O–H groups in total. The average Bonchev–Trinajstić information content (AvgIpc) is 2.49. The molecule has 0 saturated carbocycles. The lowest BCUT2D eigenvalue weighted by molar-refractivity contribution is 0.0594. The van der Waals surface area contributed by atoms with Crippen molar-refractivity contribution in [1.29, 1.82) is 0 Å². The summed E-state index contributed by atoms with van der Waals surface area (Å²) in [5.74, 6) is -3.11. The maximum Gasteiger partial charge on any atom is 0.340 e. The zero-order chi connectivity index (χ0) is 15.4. The van der Waals surface area contributed by atoms with Crippen molar-refractivity contribution in [2.24, 2.45) is 0 Å². The average molecular weight is 298 g/mol. The standard InChI is InChI=1S/C15H20F2N2O2/c1-19-8-4-3-5-10(19)9-18-12-7-6-11(15(20)21-2)13(16)14(12)17/h6-7,10,18H,3-5,8-9H2,1-2H3. The molecular weight excluding hydrogens is 278 g/mol. The first-order valence-corrected chi connectivity index (χ1v) is 7.05. The summed E-state index contributed by atoms with van der Waals surface area (Å²) < 4.78 is 32.2. The Morgan fingerprint density at radius 2 is 2.14 bits per heavy atom. The molecule has 2 rings (SSSR count). The largest absolute Gasteiger partial charge is 0.465 e. The Balaban J connectivity index is 2.07. The fourth-order valence-corrected chi connectivity index (χ4v) is 2.58. The third-order valence-electron chi connectivity index (χ3n) is 3.94. The van der Waals surface area contributed by atoms with E-state index in [2.05, 4.69) is 15.0 Å². The molecule has 1 saturated heterocycles. The van der Waals surface area contributed by atoms with Gasteiger partial charge in [0.15, 0.2) is 11.6 Å². The number of carbonyl (C=O) groups is 1. The first-order valence-electron chi connectivity index (χ1n) is 7.05. The summed E-state index contributed by atoms with van der Waals surface area (Å²) in [5.41, 5.74) is -0.325. The van der Waals surface area contributed by atoms with E-state index in [-0.39, 0.29) is 5.69 Å². The Morgan fingerprint density at radius 1 is 1.38 bits per heavy atom. The number of nitrogens with one attached hydrogen (secondary N) is 1. The third kappa shape index (κ3) is 3.50. The lowest BCUT2D eigenvalue weighted by Crippen LogP contribution is -2.40. The number of anilines is 1. The first-order chi connectivity index (χ1) is 10.0. The van der Waals surface area contributed by atoms with Gasteiger partial charge in [0.2, 0.25) is 0 Å². The highest BCUT2D eigenvalue weighted by atomic mass is 19.2. The molecule has 0 radical (unpaired) electrons. The van der Waals surface area contributed by atoms with Crippen LogP contribution in [0, 0.1) is 11.6 Å². The molecule has 1 aromatic carbocycles. The minimum atomic E-state index is -1.18. The maximum atomic E-state index is 14.0. The molecule has 1 aromatic rings. The highest BCUT2D eigenvalue weighted by Crippen LogP contribution is 2.22. The predicted molar refractivity (Wildman–Crippen MR) is 76.5 cm³/mol. The normalized spacial score (nSPS) is 19.3. The number of halogens is 2. The molecule has 1 fully saturated rings. The van der Waals surface area contributed by atoms with Crippen LogP contribution in [0.15, 0.2) is 12.1 Å². The van der Waals surface area contributed by atoms with Crippen LogP contribution < -0.4 is 5.32 Å². The highest BCUT2D eigenvalue weighted by Gasteiger charge is 2.21. The van der Waals surface area contributed by atoms with Gasteiger partial charge in [-0.05, 0) is 38.6 Å². The molecule has 0 bridgehead atoms. The zero-order valence-corrected chi connectivity index (χ0v) is 12.3. The van der Waals surface area contributed by atoms with Crippen molar-refractivity contribution in [2.75, 3.05) is 32.6 Å². The van der Waals surface area contributed by atoms with Gasteiger partial charge in [0.25, 0.3) is 0 Å². The van der Waals surface area contributed by atoms with Gasteiger partial charge < -0.3 is 15.0 Å². The van der Waals surface area contributed by atoms with Crippen LogP contribution in [0.3, 0.4) is 0 Å². The summed E-state index contributed by atoms with van der Waals surface area (Å²) in [6.45, 7) is 1.56. The zero-order valence-electron chi connectivity index (χ0n) is 12.3. The van der Waals surface area contributed by atoms with E-state index in [1.54, 1.807) is 0 Å². The van der Waals surface area contributed by atoms with E-state index in [0.717, 1.165) is 26.5 Å². The quantitative estimate of drug-likeness (QED) is 0.868. The second-order valence-corrected chi connectivity index (χ2v) is 5.29. The number of likely N-dealkylation sites (N-methyl/N-ethyl adjacent to an activating group) is 1. The monoisotopic (exact) mass is 298 g/mol. The Morgan fingerprint density at radius 3 is 2.81 bits per heavy atom. The molecule has 116 valence electrons. The second-order valence-electron chi connectivity index (χ2n) is 5.29. The third-order valence-corrected chi connectivity index (χ3v) is 3.94. The number of methoxy groups -OCH3 is 1. The van der Waals surface area contributed by atoms with Gasteiger partial charge in [-0.15, -0.1) is 0 Å². The Hall–Kier alpha value is -1.69. The van der Waals surface area contributed by atoms with E-state index in [9.17, 15) is 13.6 Å². The molecule has 0 amide bonds. The minimum Gasteiger partial charge on any atom is -0.465 e. The van der Waals surface area contributed by atoms with Crippen molar-refractivity contribution in [3.63, 3.8) is 0 Å². The van der Waals surface area contributed by atoms with Crippen molar-refractivity contribution < 1.29 is 18.3 Å². The molecule has 21 heavy (non-hydrogen) atoms. The van der Waals surface area contributed by atoms with E-state index in [1.165, 1.54) is 18.6 Å². The van der Waals surface area contributed by atoms with Crippen LogP contribution in [0.25, 0.3) is 0 Å². The second kappa shape index (κ2) is 6.85.